The lowest BCUT2D eigenvalue weighted by Crippen LogP contribution is -2.48. The molecule has 3 aromatic carbocycles. The molecule has 3 aromatic rings. The first-order valence-corrected chi connectivity index (χ1v) is 12.2. The molecule has 0 unspecified atom stereocenters. The summed E-state index contributed by atoms with van der Waals surface area (Å²) in [7, 11) is 0. The fourth-order valence-corrected chi connectivity index (χ4v) is 5.91. The van der Waals surface area contributed by atoms with Gasteiger partial charge < -0.3 is 5.11 Å². The molecule has 1 fully saturated rings. The Morgan fingerprint density at radius 2 is 1.64 bits per heavy atom. The summed E-state index contributed by atoms with van der Waals surface area (Å²) in [5, 5.41) is 11.7. The van der Waals surface area contributed by atoms with Crippen LogP contribution in [0.2, 0.25) is 0 Å². The third-order valence-electron chi connectivity index (χ3n) is 7.63. The molecule has 0 bridgehead atoms. The van der Waals surface area contributed by atoms with Gasteiger partial charge in [0.2, 0.25) is 0 Å². The average molecular weight is 479 g/mol. The van der Waals surface area contributed by atoms with Gasteiger partial charge in [-0.05, 0) is 67.2 Å². The zero-order valence-electron chi connectivity index (χ0n) is 20.8. The molecule has 1 aliphatic heterocycles. The third kappa shape index (κ3) is 3.46. The Hall–Kier alpha value is -4.12. The Balaban J connectivity index is 1.74. The van der Waals surface area contributed by atoms with E-state index in [2.05, 4.69) is 12.0 Å². The molecule has 2 amide bonds. The molecule has 5 rings (SSSR count). The van der Waals surface area contributed by atoms with Crippen LogP contribution in [0.15, 0.2) is 91.0 Å². The topological polar surface area (TPSA) is 69.6 Å². The largest absolute Gasteiger partial charge is 0.507 e. The van der Waals surface area contributed by atoms with Gasteiger partial charge in [-0.1, -0.05) is 78.9 Å². The van der Waals surface area contributed by atoms with Gasteiger partial charge in [0.1, 0.15) is 5.75 Å². The van der Waals surface area contributed by atoms with Crippen LogP contribution < -0.4 is 5.43 Å². The maximum absolute atomic E-state index is 14.6. The first-order chi connectivity index (χ1) is 17.3. The number of anilines is 1. The average Bonchev–Trinajstić information content (AvgIpc) is 3.10. The van der Waals surface area contributed by atoms with Gasteiger partial charge in [0.15, 0.2) is 0 Å². The van der Waals surface area contributed by atoms with Crippen molar-refractivity contribution in [2.75, 3.05) is 5.43 Å². The number of carbonyl (C=O) groups is 2. The minimum absolute atomic E-state index is 0.237. The summed E-state index contributed by atoms with van der Waals surface area (Å²) in [6.45, 7) is 9.75. The second-order valence-corrected chi connectivity index (χ2v) is 9.82. The van der Waals surface area contributed by atoms with Gasteiger partial charge in [0.25, 0.3) is 11.8 Å². The highest BCUT2D eigenvalue weighted by molar-refractivity contribution is 6.12. The van der Waals surface area contributed by atoms with Gasteiger partial charge in [-0.3, -0.25) is 15.0 Å². The van der Waals surface area contributed by atoms with Crippen molar-refractivity contribution in [1.29, 1.82) is 0 Å². The number of fused-ring (bicyclic) bond motifs is 1. The minimum atomic E-state index is -1.16. The maximum atomic E-state index is 14.6. The quantitative estimate of drug-likeness (QED) is 0.450. The lowest BCUT2D eigenvalue weighted by Gasteiger charge is -2.43. The van der Waals surface area contributed by atoms with E-state index < -0.39 is 17.3 Å². The number of nitrogens with one attached hydrogen (secondary N) is 1. The van der Waals surface area contributed by atoms with E-state index in [1.165, 1.54) is 5.01 Å². The van der Waals surface area contributed by atoms with E-state index in [9.17, 15) is 14.7 Å². The number of aryl methyl sites for hydroxylation is 3. The van der Waals surface area contributed by atoms with Crippen LogP contribution in [0.25, 0.3) is 0 Å². The fraction of sp³-hybridized carbons (Fsp3) is 0.226. The summed E-state index contributed by atoms with van der Waals surface area (Å²) in [5.74, 6) is -1.34. The SMILES string of the molecule is C=CC1=CC[C@H]2C(=O)N(Nc3ccc(C)cc3)C(=O)[C@@]2(c2ccccc2)[C@H]1c1cc(C)c(O)c(C)c1. The number of hydrogen-bond acceptors (Lipinski definition) is 4. The number of amides is 2. The maximum Gasteiger partial charge on any atom is 0.260 e. The summed E-state index contributed by atoms with van der Waals surface area (Å²) in [6.07, 6.45) is 4.25. The Labute approximate surface area is 211 Å². The third-order valence-corrected chi connectivity index (χ3v) is 7.63. The van der Waals surface area contributed by atoms with Crippen LogP contribution in [0.3, 0.4) is 0 Å². The Morgan fingerprint density at radius 1 is 1.00 bits per heavy atom. The number of aromatic hydroxyl groups is 1. The molecule has 36 heavy (non-hydrogen) atoms. The molecule has 5 nitrogen and oxygen atoms in total. The molecule has 1 heterocycles. The molecule has 3 atom stereocenters. The first-order valence-electron chi connectivity index (χ1n) is 12.2. The van der Waals surface area contributed by atoms with Crippen LogP contribution in [0, 0.1) is 26.7 Å². The van der Waals surface area contributed by atoms with Crippen molar-refractivity contribution in [3.8, 4) is 5.75 Å². The number of benzene rings is 3. The fourth-order valence-electron chi connectivity index (χ4n) is 5.91. The van der Waals surface area contributed by atoms with E-state index in [1.54, 1.807) is 6.08 Å². The van der Waals surface area contributed by atoms with Gasteiger partial charge in [0.05, 0.1) is 17.0 Å². The molecule has 0 spiro atoms. The summed E-state index contributed by atoms with van der Waals surface area (Å²) in [6, 6.07) is 21.1. The van der Waals surface area contributed by atoms with Gasteiger partial charge in [-0.15, -0.1) is 0 Å². The number of phenols is 1. The van der Waals surface area contributed by atoms with Crippen LogP contribution in [0.1, 0.15) is 40.2 Å². The molecule has 0 saturated carbocycles. The summed E-state index contributed by atoms with van der Waals surface area (Å²) < 4.78 is 0. The molecular formula is C31H30N2O3. The highest BCUT2D eigenvalue weighted by atomic mass is 16.3. The standard InChI is InChI=1S/C31H30N2O3/c1-5-22-13-16-26-29(35)33(32-25-14-11-19(2)12-15-25)30(36)31(26,24-9-7-6-8-10-24)27(22)23-17-20(3)28(34)21(4)18-23/h5-15,17-18,26-27,32,34H,1,16H2,2-4H3/t26-,27+,31+/m0/s1. The van der Waals surface area contributed by atoms with E-state index in [0.29, 0.717) is 12.1 Å². The summed E-state index contributed by atoms with van der Waals surface area (Å²) in [5.41, 5.74) is 7.73. The van der Waals surface area contributed by atoms with Crippen molar-refractivity contribution in [3.05, 3.63) is 119 Å². The van der Waals surface area contributed by atoms with Crippen molar-refractivity contribution in [2.24, 2.45) is 5.92 Å². The van der Waals surface area contributed by atoms with Gasteiger partial charge in [0, 0.05) is 5.92 Å². The van der Waals surface area contributed by atoms with Crippen molar-refractivity contribution in [3.63, 3.8) is 0 Å². The number of hydrazine groups is 1. The second kappa shape index (κ2) is 8.83. The normalized spacial score (nSPS) is 23.3. The highest BCUT2D eigenvalue weighted by Gasteiger charge is 2.65. The predicted molar refractivity (Wildman–Crippen MR) is 141 cm³/mol. The lowest BCUT2D eigenvalue weighted by molar-refractivity contribution is -0.138. The molecule has 2 aliphatic rings. The van der Waals surface area contributed by atoms with E-state index in [-0.39, 0.29) is 17.6 Å². The molecular weight excluding hydrogens is 448 g/mol. The lowest BCUT2D eigenvalue weighted by atomic mass is 9.56. The predicted octanol–water partition coefficient (Wildman–Crippen LogP) is 5.87. The monoisotopic (exact) mass is 478 g/mol. The van der Waals surface area contributed by atoms with E-state index in [4.69, 9.17) is 0 Å². The Bertz CT molecular complexity index is 1370. The van der Waals surface area contributed by atoms with Crippen molar-refractivity contribution in [1.82, 2.24) is 5.01 Å². The number of phenolic OH excluding ortho intramolecular Hbond substituents is 1. The number of allylic oxidation sites excluding steroid dienone is 3. The zero-order valence-corrected chi connectivity index (χ0v) is 20.8. The number of rotatable bonds is 5. The van der Waals surface area contributed by atoms with Crippen LogP contribution >= 0.6 is 0 Å². The first kappa shape index (κ1) is 23.6. The Morgan fingerprint density at radius 3 is 2.25 bits per heavy atom. The molecule has 5 heteroatoms. The van der Waals surface area contributed by atoms with E-state index >= 15 is 0 Å². The van der Waals surface area contributed by atoms with Crippen LogP contribution in [-0.4, -0.2) is 21.9 Å². The molecule has 1 saturated heterocycles. The van der Waals surface area contributed by atoms with E-state index in [0.717, 1.165) is 33.4 Å². The van der Waals surface area contributed by atoms with Crippen molar-refractivity contribution >= 4 is 17.5 Å². The van der Waals surface area contributed by atoms with Gasteiger partial charge in [-0.2, -0.15) is 5.01 Å². The molecule has 2 N–H and O–H groups in total. The number of nitrogens with zero attached hydrogens (tertiary/aromatic N) is 1. The second-order valence-electron chi connectivity index (χ2n) is 9.82. The summed E-state index contributed by atoms with van der Waals surface area (Å²) in [4.78, 5) is 28.5. The van der Waals surface area contributed by atoms with Gasteiger partial charge >= 0.3 is 0 Å². The highest BCUT2D eigenvalue weighted by Crippen LogP contribution is 2.57. The summed E-state index contributed by atoms with van der Waals surface area (Å²) >= 11 is 0. The number of hydrogen-bond donors (Lipinski definition) is 2. The zero-order chi connectivity index (χ0) is 25.6. The smallest absolute Gasteiger partial charge is 0.260 e. The van der Waals surface area contributed by atoms with Crippen LogP contribution in [0.5, 0.6) is 5.75 Å². The van der Waals surface area contributed by atoms with Crippen LogP contribution in [-0.2, 0) is 15.0 Å². The Kier molecular flexibility index (Phi) is 5.79. The molecule has 0 aromatic heterocycles. The van der Waals surface area contributed by atoms with Crippen molar-refractivity contribution in [2.45, 2.75) is 38.5 Å². The van der Waals surface area contributed by atoms with E-state index in [1.807, 2.05) is 93.6 Å². The minimum Gasteiger partial charge on any atom is -0.507 e. The number of imide groups is 1. The molecule has 1 aliphatic carbocycles. The van der Waals surface area contributed by atoms with Crippen LogP contribution in [0.4, 0.5) is 5.69 Å². The molecule has 182 valence electrons. The van der Waals surface area contributed by atoms with Gasteiger partial charge in [-0.25, -0.2) is 0 Å². The van der Waals surface area contributed by atoms with Crippen molar-refractivity contribution < 1.29 is 14.7 Å². The number of carbonyl (C=O) groups excluding carboxylic acids is 2. The molecule has 0 radical (unpaired) electrons.